The van der Waals surface area contributed by atoms with E-state index in [0.717, 1.165) is 65.9 Å². The van der Waals surface area contributed by atoms with E-state index in [1.807, 2.05) is 62.4 Å². The van der Waals surface area contributed by atoms with E-state index in [2.05, 4.69) is 46.6 Å². The molecule has 1 aliphatic heterocycles. The van der Waals surface area contributed by atoms with Gasteiger partial charge in [0.05, 0.1) is 16.8 Å². The molecule has 0 saturated carbocycles. The molecule has 0 saturated heterocycles. The third-order valence-electron chi connectivity index (χ3n) is 7.88. The molecule has 2 aromatic heterocycles. The normalized spacial score (nSPS) is 14.0. The van der Waals surface area contributed by atoms with Crippen molar-refractivity contribution in [2.75, 3.05) is 12.3 Å². The van der Waals surface area contributed by atoms with Gasteiger partial charge in [0.15, 0.2) is 5.16 Å². The monoisotopic (exact) mass is 608 g/mol. The number of benzene rings is 3. The van der Waals surface area contributed by atoms with Crippen molar-refractivity contribution >= 4 is 39.2 Å². The van der Waals surface area contributed by atoms with Gasteiger partial charge in [-0.3, -0.25) is 19.1 Å². The van der Waals surface area contributed by atoms with Gasteiger partial charge in [0.2, 0.25) is 5.91 Å². The smallest absolute Gasteiger partial charge is 0.267 e. The Kier molecular flexibility index (Phi) is 9.07. The zero-order chi connectivity index (χ0) is 29.8. The van der Waals surface area contributed by atoms with Crippen LogP contribution in [0.2, 0.25) is 0 Å². The molecule has 0 fully saturated rings. The molecule has 1 amide bonds. The number of thiophene rings is 1. The van der Waals surface area contributed by atoms with Crippen molar-refractivity contribution in [2.24, 2.45) is 0 Å². The first-order valence-corrected chi connectivity index (χ1v) is 16.6. The molecule has 3 aromatic carbocycles. The van der Waals surface area contributed by atoms with E-state index < -0.39 is 0 Å². The predicted molar refractivity (Wildman–Crippen MR) is 177 cm³/mol. The highest BCUT2D eigenvalue weighted by molar-refractivity contribution is 7.99. The maximum absolute atomic E-state index is 14.2. The number of carbonyl (C=O) groups is 1. The van der Waals surface area contributed by atoms with Crippen LogP contribution < -0.4 is 10.9 Å². The second kappa shape index (κ2) is 13.3. The maximum Gasteiger partial charge on any atom is 0.267 e. The Hall–Kier alpha value is -3.72. The quantitative estimate of drug-likeness (QED) is 0.144. The lowest BCUT2D eigenvalue weighted by atomic mass is 10.0. The first-order valence-electron chi connectivity index (χ1n) is 14.8. The third-order valence-corrected chi connectivity index (χ3v) is 9.93. The lowest BCUT2D eigenvalue weighted by Crippen LogP contribution is -2.34. The van der Waals surface area contributed by atoms with Crippen LogP contribution in [0.4, 0.5) is 0 Å². The van der Waals surface area contributed by atoms with Gasteiger partial charge in [-0.1, -0.05) is 84.6 Å². The molecule has 6 rings (SSSR count). The molecule has 0 spiro atoms. The number of amides is 1. The molecule has 43 heavy (non-hydrogen) atoms. The molecule has 6 nitrogen and oxygen atoms in total. The lowest BCUT2D eigenvalue weighted by Gasteiger charge is -2.26. The zero-order valence-corrected chi connectivity index (χ0v) is 26.2. The number of nitrogens with zero attached hydrogens (tertiary/aromatic N) is 3. The van der Waals surface area contributed by atoms with Crippen LogP contribution in [0.1, 0.15) is 40.5 Å². The number of rotatable bonds is 10. The Bertz CT molecular complexity index is 1780. The molecule has 8 heteroatoms. The van der Waals surface area contributed by atoms with E-state index >= 15 is 0 Å². The van der Waals surface area contributed by atoms with Crippen molar-refractivity contribution < 1.29 is 4.79 Å². The number of carbonyl (C=O) groups excluding carboxylic acids is 1. The zero-order valence-electron chi connectivity index (χ0n) is 24.6. The average molecular weight is 609 g/mol. The fourth-order valence-electron chi connectivity index (χ4n) is 5.69. The van der Waals surface area contributed by atoms with Crippen LogP contribution in [-0.2, 0) is 30.7 Å². The summed E-state index contributed by atoms with van der Waals surface area (Å²) in [4.78, 5) is 36.6. The number of aryl methyl sites for hydroxylation is 2. The Balaban J connectivity index is 1.24. The molecule has 0 bridgehead atoms. The van der Waals surface area contributed by atoms with Gasteiger partial charge in [0.25, 0.3) is 5.56 Å². The van der Waals surface area contributed by atoms with Gasteiger partial charge in [0.1, 0.15) is 4.83 Å². The molecule has 0 aliphatic carbocycles. The van der Waals surface area contributed by atoms with Crippen LogP contribution in [0, 0.1) is 6.92 Å². The van der Waals surface area contributed by atoms with Gasteiger partial charge in [0, 0.05) is 30.6 Å². The first-order chi connectivity index (χ1) is 20.9. The Morgan fingerprint density at radius 1 is 1.02 bits per heavy atom. The molecule has 5 aromatic rings. The summed E-state index contributed by atoms with van der Waals surface area (Å²) in [7, 11) is 0. The SMILES string of the molecule is Cc1cccc(-n2c(SCC(=O)N[C@H](C)CCc3ccccc3)nc3sc4c(c3c2=O)CCN(Cc2ccccc2)C4)c1. The van der Waals surface area contributed by atoms with Crippen molar-refractivity contribution in [1.82, 2.24) is 19.8 Å². The number of nitrogens with one attached hydrogen (secondary N) is 1. The predicted octanol–water partition coefficient (Wildman–Crippen LogP) is 6.54. The van der Waals surface area contributed by atoms with Crippen LogP contribution in [-0.4, -0.2) is 38.7 Å². The summed E-state index contributed by atoms with van der Waals surface area (Å²) in [5.41, 5.74) is 5.47. The van der Waals surface area contributed by atoms with Crippen LogP contribution in [0.3, 0.4) is 0 Å². The lowest BCUT2D eigenvalue weighted by molar-refractivity contribution is -0.119. The Labute approximate surface area is 260 Å². The number of thioether (sulfide) groups is 1. The number of hydrogen-bond donors (Lipinski definition) is 1. The van der Waals surface area contributed by atoms with Crippen LogP contribution in [0.25, 0.3) is 15.9 Å². The molecule has 1 N–H and O–H groups in total. The maximum atomic E-state index is 14.2. The van der Waals surface area contributed by atoms with Gasteiger partial charge < -0.3 is 5.32 Å². The first kappa shape index (κ1) is 29.4. The molecular formula is C35H36N4O2S2. The number of fused-ring (bicyclic) bond motifs is 3. The van der Waals surface area contributed by atoms with Gasteiger partial charge in [-0.2, -0.15) is 0 Å². The van der Waals surface area contributed by atoms with Crippen molar-refractivity contribution in [3.05, 3.63) is 122 Å². The van der Waals surface area contributed by atoms with E-state index in [4.69, 9.17) is 4.98 Å². The summed E-state index contributed by atoms with van der Waals surface area (Å²) in [5.74, 6) is 0.132. The Morgan fingerprint density at radius 2 is 1.77 bits per heavy atom. The molecule has 3 heterocycles. The molecule has 1 atom stereocenters. The summed E-state index contributed by atoms with van der Waals surface area (Å²) in [5, 5.41) is 4.40. The van der Waals surface area contributed by atoms with Crippen molar-refractivity contribution in [3.8, 4) is 5.69 Å². The molecule has 220 valence electrons. The van der Waals surface area contributed by atoms with Crippen molar-refractivity contribution in [2.45, 2.75) is 57.4 Å². The summed E-state index contributed by atoms with van der Waals surface area (Å²) in [6.45, 7) is 6.65. The molecule has 0 unspecified atom stereocenters. The van der Waals surface area contributed by atoms with Crippen LogP contribution >= 0.6 is 23.1 Å². The summed E-state index contributed by atoms with van der Waals surface area (Å²) in [6, 6.07) is 28.8. The fourth-order valence-corrected chi connectivity index (χ4v) is 7.82. The highest BCUT2D eigenvalue weighted by atomic mass is 32.2. The fraction of sp³-hybridized carbons (Fsp3) is 0.286. The summed E-state index contributed by atoms with van der Waals surface area (Å²) < 4.78 is 1.70. The highest BCUT2D eigenvalue weighted by Crippen LogP contribution is 2.35. The standard InChI is InChI=1S/C35H36N4O2S2/c1-24-10-9-15-28(20-24)39-34(41)32-29-18-19-38(21-27-13-7-4-8-14-27)22-30(29)43-33(32)37-35(39)42-23-31(40)36-25(2)16-17-26-11-5-3-6-12-26/h3-15,20,25H,16-19,21-23H2,1-2H3,(H,36,40)/t25-/m1/s1. The summed E-state index contributed by atoms with van der Waals surface area (Å²) >= 11 is 2.94. The van der Waals surface area contributed by atoms with Crippen molar-refractivity contribution in [1.29, 1.82) is 0 Å². The van der Waals surface area contributed by atoms with E-state index in [1.165, 1.54) is 27.8 Å². The molecule has 1 aliphatic rings. The van der Waals surface area contributed by atoms with E-state index in [0.29, 0.717) is 5.16 Å². The average Bonchev–Trinajstić information content (AvgIpc) is 3.38. The summed E-state index contributed by atoms with van der Waals surface area (Å²) in [6.07, 6.45) is 2.59. The molecule has 0 radical (unpaired) electrons. The molecular weight excluding hydrogens is 573 g/mol. The third kappa shape index (κ3) is 6.93. The second-order valence-electron chi connectivity index (χ2n) is 11.3. The number of aromatic nitrogens is 2. The van der Waals surface area contributed by atoms with E-state index in [9.17, 15) is 9.59 Å². The topological polar surface area (TPSA) is 67.2 Å². The minimum atomic E-state index is -0.0577. The largest absolute Gasteiger partial charge is 0.353 e. The van der Waals surface area contributed by atoms with Crippen LogP contribution in [0.5, 0.6) is 0 Å². The van der Waals surface area contributed by atoms with Crippen molar-refractivity contribution in [3.63, 3.8) is 0 Å². The highest BCUT2D eigenvalue weighted by Gasteiger charge is 2.26. The Morgan fingerprint density at radius 3 is 2.51 bits per heavy atom. The van der Waals surface area contributed by atoms with E-state index in [-0.39, 0.29) is 23.3 Å². The van der Waals surface area contributed by atoms with E-state index in [1.54, 1.807) is 15.9 Å². The second-order valence-corrected chi connectivity index (χ2v) is 13.3. The minimum Gasteiger partial charge on any atom is -0.353 e. The van der Waals surface area contributed by atoms with Gasteiger partial charge in [-0.25, -0.2) is 4.98 Å². The number of hydrogen-bond acceptors (Lipinski definition) is 6. The van der Waals surface area contributed by atoms with Gasteiger partial charge >= 0.3 is 0 Å². The van der Waals surface area contributed by atoms with Gasteiger partial charge in [-0.05, 0) is 67.5 Å². The van der Waals surface area contributed by atoms with Gasteiger partial charge in [-0.15, -0.1) is 11.3 Å². The minimum absolute atomic E-state index is 0.0468. The van der Waals surface area contributed by atoms with Crippen LogP contribution in [0.15, 0.2) is 94.9 Å².